The number of aliphatic hydroxyl groups is 2. The van der Waals surface area contributed by atoms with Crippen LogP contribution in [0.3, 0.4) is 0 Å². The summed E-state index contributed by atoms with van der Waals surface area (Å²) in [5, 5.41) is 26.8. The summed E-state index contributed by atoms with van der Waals surface area (Å²) in [6.07, 6.45) is 1.27. The van der Waals surface area contributed by atoms with Crippen molar-refractivity contribution in [3.05, 3.63) is 70.4 Å². The molecular formula is C27H33ClN4O2. The zero-order chi connectivity index (χ0) is 23.7. The third-order valence-corrected chi connectivity index (χ3v) is 7.37. The third kappa shape index (κ3) is 5.01. The van der Waals surface area contributed by atoms with E-state index in [0.717, 1.165) is 61.5 Å². The van der Waals surface area contributed by atoms with E-state index in [1.807, 2.05) is 28.9 Å². The van der Waals surface area contributed by atoms with Crippen LogP contribution in [0, 0.1) is 6.92 Å². The van der Waals surface area contributed by atoms with Gasteiger partial charge in [0.15, 0.2) is 0 Å². The Labute approximate surface area is 206 Å². The van der Waals surface area contributed by atoms with Gasteiger partial charge < -0.3 is 15.1 Å². The Kier molecular flexibility index (Phi) is 6.93. The maximum atomic E-state index is 11.0. The van der Waals surface area contributed by atoms with E-state index < -0.39 is 6.10 Å². The van der Waals surface area contributed by atoms with E-state index in [-0.39, 0.29) is 6.10 Å². The fourth-order valence-corrected chi connectivity index (χ4v) is 5.43. The number of fused-ring (bicyclic) bond motifs is 1. The highest BCUT2D eigenvalue weighted by Gasteiger charge is 2.27. The van der Waals surface area contributed by atoms with Crippen molar-refractivity contribution in [2.24, 2.45) is 0 Å². The lowest BCUT2D eigenvalue weighted by atomic mass is 9.91. The first kappa shape index (κ1) is 23.4. The standard InChI is InChI=1S/C27H33ClN4O2/c1-19-4-2-3-5-25(19)31-14-12-30(13-15-31)17-23(34)18-32-26-11-10-22(33)16-24(26)27(29-32)20-6-8-21(28)9-7-20/h2-9,22-23,33-34H,10-18H2,1H3. The lowest BCUT2D eigenvalue weighted by Crippen LogP contribution is -2.49. The number of rotatable bonds is 6. The molecule has 0 radical (unpaired) electrons. The Bertz CT molecular complexity index is 1120. The number of hydrogen-bond acceptors (Lipinski definition) is 5. The van der Waals surface area contributed by atoms with Crippen molar-refractivity contribution in [2.75, 3.05) is 37.6 Å². The van der Waals surface area contributed by atoms with Crippen LogP contribution in [0.25, 0.3) is 11.3 Å². The van der Waals surface area contributed by atoms with E-state index in [4.69, 9.17) is 16.7 Å². The molecule has 2 atom stereocenters. The number of hydrogen-bond donors (Lipinski definition) is 2. The summed E-state index contributed by atoms with van der Waals surface area (Å²) in [4.78, 5) is 4.78. The van der Waals surface area contributed by atoms with Crippen LogP contribution in [0.2, 0.25) is 5.02 Å². The van der Waals surface area contributed by atoms with Gasteiger partial charge in [-0.2, -0.15) is 5.10 Å². The van der Waals surface area contributed by atoms with Crippen LogP contribution in [0.1, 0.15) is 23.2 Å². The fourth-order valence-electron chi connectivity index (χ4n) is 5.31. The molecule has 34 heavy (non-hydrogen) atoms. The molecule has 2 aliphatic rings. The average Bonchev–Trinajstić information content (AvgIpc) is 3.17. The second kappa shape index (κ2) is 10.1. The van der Waals surface area contributed by atoms with Gasteiger partial charge in [0.2, 0.25) is 0 Å². The molecule has 2 N–H and O–H groups in total. The summed E-state index contributed by atoms with van der Waals surface area (Å²) >= 11 is 6.08. The molecule has 1 aliphatic carbocycles. The number of benzene rings is 2. The Morgan fingerprint density at radius 3 is 2.50 bits per heavy atom. The molecule has 0 spiro atoms. The molecule has 2 unspecified atom stereocenters. The zero-order valence-electron chi connectivity index (χ0n) is 19.7. The Balaban J connectivity index is 1.25. The molecule has 180 valence electrons. The van der Waals surface area contributed by atoms with Crippen molar-refractivity contribution in [3.8, 4) is 11.3 Å². The van der Waals surface area contributed by atoms with Crippen LogP contribution in [0.4, 0.5) is 5.69 Å². The number of aromatic nitrogens is 2. The topological polar surface area (TPSA) is 64.8 Å². The molecule has 0 saturated carbocycles. The van der Waals surface area contributed by atoms with Crippen molar-refractivity contribution in [3.63, 3.8) is 0 Å². The Hall–Kier alpha value is -2.38. The van der Waals surface area contributed by atoms with Crippen LogP contribution in [0.15, 0.2) is 48.5 Å². The van der Waals surface area contributed by atoms with Crippen molar-refractivity contribution < 1.29 is 10.2 Å². The molecule has 1 aliphatic heterocycles. The second-order valence-corrected chi connectivity index (χ2v) is 10.0. The first-order valence-electron chi connectivity index (χ1n) is 12.2. The lowest BCUT2D eigenvalue weighted by Gasteiger charge is -2.37. The first-order chi connectivity index (χ1) is 16.5. The SMILES string of the molecule is Cc1ccccc1N1CCN(CC(O)Cn2nc(-c3ccc(Cl)cc3)c3c2CCC(O)C3)CC1. The van der Waals surface area contributed by atoms with E-state index >= 15 is 0 Å². The van der Waals surface area contributed by atoms with Crippen LogP contribution in [-0.2, 0) is 19.4 Å². The van der Waals surface area contributed by atoms with Gasteiger partial charge in [0, 0.05) is 66.7 Å². The number of nitrogens with zero attached hydrogens (tertiary/aromatic N) is 4. The lowest BCUT2D eigenvalue weighted by molar-refractivity contribution is 0.0906. The third-order valence-electron chi connectivity index (χ3n) is 7.12. The minimum absolute atomic E-state index is 0.342. The smallest absolute Gasteiger partial charge is 0.0959 e. The van der Waals surface area contributed by atoms with E-state index in [9.17, 15) is 10.2 Å². The number of para-hydroxylation sites is 1. The summed E-state index contributed by atoms with van der Waals surface area (Å²) in [7, 11) is 0. The molecule has 2 heterocycles. The number of aryl methyl sites for hydroxylation is 1. The molecule has 1 fully saturated rings. The van der Waals surface area contributed by atoms with E-state index in [0.29, 0.717) is 24.5 Å². The highest BCUT2D eigenvalue weighted by atomic mass is 35.5. The summed E-state index contributed by atoms with van der Waals surface area (Å²) in [6, 6.07) is 16.2. The normalized spacial score (nSPS) is 19.8. The van der Waals surface area contributed by atoms with Crippen LogP contribution in [-0.4, -0.2) is 69.8 Å². The molecule has 0 amide bonds. The number of β-amino-alcohol motifs (C(OH)–C–C–N with tert-alkyl or cyclic N) is 1. The number of aliphatic hydroxyl groups excluding tert-OH is 2. The number of anilines is 1. The number of piperazine rings is 1. The van der Waals surface area contributed by atoms with Crippen molar-refractivity contribution in [1.82, 2.24) is 14.7 Å². The van der Waals surface area contributed by atoms with Crippen molar-refractivity contribution in [1.29, 1.82) is 0 Å². The van der Waals surface area contributed by atoms with Crippen molar-refractivity contribution >= 4 is 17.3 Å². The minimum Gasteiger partial charge on any atom is -0.393 e. The maximum absolute atomic E-state index is 11.0. The van der Waals surface area contributed by atoms with E-state index in [1.165, 1.54) is 11.3 Å². The molecule has 6 nitrogen and oxygen atoms in total. The van der Waals surface area contributed by atoms with Gasteiger partial charge in [0.05, 0.1) is 24.4 Å². The van der Waals surface area contributed by atoms with Gasteiger partial charge in [-0.3, -0.25) is 9.58 Å². The molecule has 0 bridgehead atoms. The largest absolute Gasteiger partial charge is 0.393 e. The summed E-state index contributed by atoms with van der Waals surface area (Å²) < 4.78 is 1.97. The van der Waals surface area contributed by atoms with E-state index in [2.05, 4.69) is 41.0 Å². The van der Waals surface area contributed by atoms with Crippen LogP contribution >= 0.6 is 11.6 Å². The zero-order valence-corrected chi connectivity index (χ0v) is 20.5. The Morgan fingerprint density at radius 1 is 1.03 bits per heavy atom. The van der Waals surface area contributed by atoms with Gasteiger partial charge in [0.25, 0.3) is 0 Å². The quantitative estimate of drug-likeness (QED) is 0.565. The monoisotopic (exact) mass is 480 g/mol. The highest BCUT2D eigenvalue weighted by Crippen LogP contribution is 2.32. The van der Waals surface area contributed by atoms with Crippen LogP contribution < -0.4 is 4.90 Å². The van der Waals surface area contributed by atoms with Crippen molar-refractivity contribution in [2.45, 2.75) is 44.9 Å². The summed E-state index contributed by atoms with van der Waals surface area (Å²) in [5.74, 6) is 0. The molecule has 5 rings (SSSR count). The molecule has 1 aromatic heterocycles. The minimum atomic E-state index is -0.501. The predicted octanol–water partition coefficient (Wildman–Crippen LogP) is 3.54. The number of halogens is 1. The molecule has 2 aromatic carbocycles. The summed E-state index contributed by atoms with van der Waals surface area (Å²) in [5.41, 5.74) is 6.74. The van der Waals surface area contributed by atoms with Gasteiger partial charge >= 0.3 is 0 Å². The average molecular weight is 481 g/mol. The van der Waals surface area contributed by atoms with Gasteiger partial charge in [-0.05, 0) is 43.5 Å². The maximum Gasteiger partial charge on any atom is 0.0959 e. The molecular weight excluding hydrogens is 448 g/mol. The molecule has 1 saturated heterocycles. The van der Waals surface area contributed by atoms with Gasteiger partial charge in [0.1, 0.15) is 0 Å². The predicted molar refractivity (Wildman–Crippen MR) is 137 cm³/mol. The Morgan fingerprint density at radius 2 is 1.76 bits per heavy atom. The van der Waals surface area contributed by atoms with E-state index in [1.54, 1.807) is 0 Å². The first-order valence-corrected chi connectivity index (χ1v) is 12.6. The van der Waals surface area contributed by atoms with Crippen LogP contribution in [0.5, 0.6) is 0 Å². The molecule has 7 heteroatoms. The van der Waals surface area contributed by atoms with Gasteiger partial charge in [-0.15, -0.1) is 0 Å². The van der Waals surface area contributed by atoms with Gasteiger partial charge in [-0.25, -0.2) is 0 Å². The fraction of sp³-hybridized carbons (Fsp3) is 0.444. The second-order valence-electron chi connectivity index (χ2n) is 9.59. The molecule has 3 aromatic rings. The van der Waals surface area contributed by atoms with Gasteiger partial charge in [-0.1, -0.05) is 41.9 Å². The highest BCUT2D eigenvalue weighted by molar-refractivity contribution is 6.30. The summed E-state index contributed by atoms with van der Waals surface area (Å²) in [6.45, 7) is 7.06.